The van der Waals surface area contributed by atoms with Gasteiger partial charge in [0.2, 0.25) is 11.0 Å². The van der Waals surface area contributed by atoms with E-state index >= 15 is 0 Å². The van der Waals surface area contributed by atoms with Gasteiger partial charge in [-0.1, -0.05) is 83.8 Å². The fourth-order valence-electron chi connectivity index (χ4n) is 2.78. The molecule has 0 fully saturated rings. The fraction of sp³-hybridized carbons (Fsp3) is 0.0435. The number of nitrogens with zero attached hydrogens (tertiary/aromatic N) is 2. The summed E-state index contributed by atoms with van der Waals surface area (Å²) in [5, 5.41) is 14.0. The van der Waals surface area contributed by atoms with Gasteiger partial charge in [-0.15, -0.1) is 10.2 Å². The van der Waals surface area contributed by atoms with Crippen LogP contribution < -0.4 is 10.6 Å². The molecule has 0 radical (unpaired) electrons. The number of nitrogens with one attached hydrogen (secondary N) is 2. The Hall–Kier alpha value is -3.49. The third-order valence-electron chi connectivity index (χ3n) is 4.27. The van der Waals surface area contributed by atoms with Crippen LogP contribution >= 0.6 is 23.1 Å². The average Bonchev–Trinajstić information content (AvgIpc) is 3.26. The largest absolute Gasteiger partial charge is 0.325 e. The standard InChI is InChI=1S/C23H18N4O2S2/c28-20(24-19-9-5-2-6-10-19)15-30-23-27-26-22(31-23)25-21(29)18-13-11-17(12-14-18)16-7-3-1-4-8-16/h1-14H,15H2,(H,24,28)(H,25,26,29). The number of carbonyl (C=O) groups excluding carboxylic acids is 2. The summed E-state index contributed by atoms with van der Waals surface area (Å²) < 4.78 is 0.609. The van der Waals surface area contributed by atoms with Gasteiger partial charge >= 0.3 is 0 Å². The maximum atomic E-state index is 12.5. The maximum absolute atomic E-state index is 12.5. The van der Waals surface area contributed by atoms with E-state index in [1.165, 1.54) is 23.1 Å². The van der Waals surface area contributed by atoms with Gasteiger partial charge in [0, 0.05) is 11.3 Å². The monoisotopic (exact) mass is 446 g/mol. The minimum absolute atomic E-state index is 0.129. The fourth-order valence-corrected chi connectivity index (χ4v) is 4.33. The Labute approximate surface area is 187 Å². The Morgan fingerprint density at radius 2 is 1.42 bits per heavy atom. The van der Waals surface area contributed by atoms with Crippen molar-refractivity contribution in [3.63, 3.8) is 0 Å². The number of benzene rings is 3. The van der Waals surface area contributed by atoms with Gasteiger partial charge in [0.15, 0.2) is 4.34 Å². The predicted octanol–water partition coefficient (Wildman–Crippen LogP) is 5.19. The molecule has 4 rings (SSSR count). The van der Waals surface area contributed by atoms with Crippen LogP contribution in [-0.4, -0.2) is 27.8 Å². The minimum atomic E-state index is -0.255. The van der Waals surface area contributed by atoms with E-state index in [1.807, 2.05) is 72.8 Å². The molecule has 1 heterocycles. The van der Waals surface area contributed by atoms with E-state index in [1.54, 1.807) is 12.1 Å². The highest BCUT2D eigenvalue weighted by Crippen LogP contribution is 2.26. The van der Waals surface area contributed by atoms with Crippen molar-refractivity contribution in [3.8, 4) is 11.1 Å². The Kier molecular flexibility index (Phi) is 6.71. The van der Waals surface area contributed by atoms with E-state index in [0.29, 0.717) is 15.0 Å². The van der Waals surface area contributed by atoms with Crippen LogP contribution in [0.2, 0.25) is 0 Å². The normalized spacial score (nSPS) is 10.5. The van der Waals surface area contributed by atoms with Crippen LogP contribution in [0.1, 0.15) is 10.4 Å². The third kappa shape index (κ3) is 5.78. The van der Waals surface area contributed by atoms with E-state index in [9.17, 15) is 9.59 Å². The second-order valence-electron chi connectivity index (χ2n) is 6.47. The molecule has 154 valence electrons. The summed E-state index contributed by atoms with van der Waals surface area (Å²) in [6.45, 7) is 0. The first-order chi connectivity index (χ1) is 15.2. The lowest BCUT2D eigenvalue weighted by Crippen LogP contribution is -2.13. The van der Waals surface area contributed by atoms with E-state index in [2.05, 4.69) is 20.8 Å². The zero-order valence-corrected chi connectivity index (χ0v) is 18.0. The highest BCUT2D eigenvalue weighted by Gasteiger charge is 2.12. The molecule has 2 N–H and O–H groups in total. The van der Waals surface area contributed by atoms with Gasteiger partial charge in [-0.25, -0.2) is 0 Å². The molecule has 0 spiro atoms. The quantitative estimate of drug-likeness (QED) is 0.302. The predicted molar refractivity (Wildman–Crippen MR) is 126 cm³/mol. The first kappa shape index (κ1) is 20.8. The number of rotatable bonds is 7. The lowest BCUT2D eigenvalue weighted by atomic mass is 10.0. The Bertz CT molecular complexity index is 1160. The molecule has 0 atom stereocenters. The van der Waals surface area contributed by atoms with Crippen LogP contribution in [0.25, 0.3) is 11.1 Å². The first-order valence-electron chi connectivity index (χ1n) is 9.45. The van der Waals surface area contributed by atoms with Crippen molar-refractivity contribution >= 4 is 45.7 Å². The molecule has 0 saturated heterocycles. The Morgan fingerprint density at radius 3 is 2.13 bits per heavy atom. The van der Waals surface area contributed by atoms with E-state index in [0.717, 1.165) is 16.8 Å². The molecule has 0 bridgehead atoms. The summed E-state index contributed by atoms with van der Waals surface area (Å²) in [5.41, 5.74) is 3.42. The number of para-hydroxylation sites is 1. The van der Waals surface area contributed by atoms with Crippen molar-refractivity contribution in [1.29, 1.82) is 0 Å². The second-order valence-corrected chi connectivity index (χ2v) is 8.67. The van der Waals surface area contributed by atoms with Crippen molar-refractivity contribution in [2.45, 2.75) is 4.34 Å². The number of hydrogen-bond donors (Lipinski definition) is 2. The van der Waals surface area contributed by atoms with Gasteiger partial charge in [-0.3, -0.25) is 14.9 Å². The van der Waals surface area contributed by atoms with Crippen molar-refractivity contribution in [3.05, 3.63) is 90.5 Å². The highest BCUT2D eigenvalue weighted by atomic mass is 32.2. The summed E-state index contributed by atoms with van der Waals surface area (Å²) in [6.07, 6.45) is 0. The van der Waals surface area contributed by atoms with E-state index < -0.39 is 0 Å². The Balaban J connectivity index is 1.30. The molecule has 6 nitrogen and oxygen atoms in total. The van der Waals surface area contributed by atoms with Gasteiger partial charge < -0.3 is 5.32 Å². The van der Waals surface area contributed by atoms with Crippen LogP contribution in [0.5, 0.6) is 0 Å². The Morgan fingerprint density at radius 1 is 0.774 bits per heavy atom. The third-order valence-corrected chi connectivity index (χ3v) is 6.24. The minimum Gasteiger partial charge on any atom is -0.325 e. The number of thioether (sulfide) groups is 1. The molecule has 0 aliphatic rings. The molecular weight excluding hydrogens is 428 g/mol. The number of anilines is 2. The first-order valence-corrected chi connectivity index (χ1v) is 11.3. The van der Waals surface area contributed by atoms with Crippen LogP contribution in [-0.2, 0) is 4.79 Å². The number of aromatic nitrogens is 2. The van der Waals surface area contributed by atoms with E-state index in [4.69, 9.17) is 0 Å². The van der Waals surface area contributed by atoms with Crippen molar-refractivity contribution < 1.29 is 9.59 Å². The molecular formula is C23H18N4O2S2. The summed E-state index contributed by atoms with van der Waals surface area (Å²) in [7, 11) is 0. The number of carbonyl (C=O) groups is 2. The van der Waals surface area contributed by atoms with Crippen LogP contribution in [0.15, 0.2) is 89.3 Å². The van der Waals surface area contributed by atoms with Gasteiger partial charge in [0.25, 0.3) is 5.91 Å². The van der Waals surface area contributed by atoms with Gasteiger partial charge in [-0.2, -0.15) is 0 Å². The molecule has 0 aliphatic carbocycles. The zero-order chi connectivity index (χ0) is 21.5. The van der Waals surface area contributed by atoms with Crippen LogP contribution in [0.4, 0.5) is 10.8 Å². The summed E-state index contributed by atoms with van der Waals surface area (Å²) in [4.78, 5) is 24.5. The summed E-state index contributed by atoms with van der Waals surface area (Å²) >= 11 is 2.51. The summed E-state index contributed by atoms with van der Waals surface area (Å²) in [5.74, 6) is -0.178. The lowest BCUT2D eigenvalue weighted by molar-refractivity contribution is -0.113. The van der Waals surface area contributed by atoms with Crippen LogP contribution in [0, 0.1) is 0 Å². The van der Waals surface area contributed by atoms with Crippen molar-refractivity contribution in [2.24, 2.45) is 0 Å². The molecule has 3 aromatic carbocycles. The molecule has 31 heavy (non-hydrogen) atoms. The molecule has 8 heteroatoms. The number of hydrogen-bond acceptors (Lipinski definition) is 6. The molecule has 0 aliphatic heterocycles. The average molecular weight is 447 g/mol. The molecule has 0 saturated carbocycles. The van der Waals surface area contributed by atoms with Crippen molar-refractivity contribution in [2.75, 3.05) is 16.4 Å². The number of amides is 2. The van der Waals surface area contributed by atoms with Crippen LogP contribution in [0.3, 0.4) is 0 Å². The van der Waals surface area contributed by atoms with Crippen molar-refractivity contribution in [1.82, 2.24) is 10.2 Å². The maximum Gasteiger partial charge on any atom is 0.257 e. The second kappa shape index (κ2) is 10.0. The lowest BCUT2D eigenvalue weighted by Gasteiger charge is -2.04. The topological polar surface area (TPSA) is 84.0 Å². The van der Waals surface area contributed by atoms with Gasteiger partial charge in [0.05, 0.1) is 5.75 Å². The smallest absolute Gasteiger partial charge is 0.257 e. The highest BCUT2D eigenvalue weighted by molar-refractivity contribution is 8.01. The molecule has 1 aromatic heterocycles. The zero-order valence-electron chi connectivity index (χ0n) is 16.3. The summed E-state index contributed by atoms with van der Waals surface area (Å²) in [6, 6.07) is 26.6. The van der Waals surface area contributed by atoms with E-state index in [-0.39, 0.29) is 17.6 Å². The van der Waals surface area contributed by atoms with Gasteiger partial charge in [0.1, 0.15) is 0 Å². The molecule has 4 aromatic rings. The SMILES string of the molecule is O=C(CSc1nnc(NC(=O)c2ccc(-c3ccccc3)cc2)s1)Nc1ccccc1. The molecule has 2 amide bonds. The van der Waals surface area contributed by atoms with Gasteiger partial charge in [-0.05, 0) is 35.4 Å². The molecule has 0 unspecified atom stereocenters.